The van der Waals surface area contributed by atoms with Crippen molar-refractivity contribution in [2.75, 3.05) is 23.8 Å². The SMILES string of the molecule is CNSc1ccc2c(c1)N(c1cc(Nc3ccc(C(F)(F)F)cc3)ncn1)CC2. The second kappa shape index (κ2) is 7.92. The van der Waals surface area contributed by atoms with Gasteiger partial charge in [-0.2, -0.15) is 13.2 Å². The van der Waals surface area contributed by atoms with Gasteiger partial charge in [0.1, 0.15) is 18.0 Å². The summed E-state index contributed by atoms with van der Waals surface area (Å²) in [6.07, 6.45) is -1.98. The van der Waals surface area contributed by atoms with Crippen molar-refractivity contribution in [3.63, 3.8) is 0 Å². The van der Waals surface area contributed by atoms with E-state index >= 15 is 0 Å². The number of anilines is 4. The minimum absolute atomic E-state index is 0.518. The summed E-state index contributed by atoms with van der Waals surface area (Å²) in [5.41, 5.74) is 2.19. The highest BCUT2D eigenvalue weighted by molar-refractivity contribution is 7.97. The molecule has 0 saturated carbocycles. The Balaban J connectivity index is 1.55. The van der Waals surface area contributed by atoms with Gasteiger partial charge in [0.25, 0.3) is 0 Å². The highest BCUT2D eigenvalue weighted by Gasteiger charge is 2.30. The Morgan fingerprint density at radius 2 is 1.83 bits per heavy atom. The Hall–Kier alpha value is -2.78. The predicted octanol–water partition coefficient (Wildman–Crippen LogP) is 5.16. The number of nitrogens with one attached hydrogen (secondary N) is 2. The number of benzene rings is 2. The van der Waals surface area contributed by atoms with Crippen molar-refractivity contribution in [3.05, 3.63) is 66.0 Å². The van der Waals surface area contributed by atoms with E-state index in [1.807, 2.05) is 7.05 Å². The number of hydrogen-bond donors (Lipinski definition) is 2. The molecule has 3 aromatic rings. The van der Waals surface area contributed by atoms with Gasteiger partial charge in [-0.3, -0.25) is 4.72 Å². The fourth-order valence-electron chi connectivity index (χ4n) is 3.23. The lowest BCUT2D eigenvalue weighted by Crippen LogP contribution is -2.15. The molecule has 4 rings (SSSR count). The third-order valence-corrected chi connectivity index (χ3v) is 5.28. The van der Waals surface area contributed by atoms with Gasteiger partial charge in [-0.25, -0.2) is 9.97 Å². The maximum absolute atomic E-state index is 12.7. The highest BCUT2D eigenvalue weighted by atomic mass is 32.2. The van der Waals surface area contributed by atoms with Gasteiger partial charge in [-0.1, -0.05) is 6.07 Å². The van der Waals surface area contributed by atoms with Crippen LogP contribution in [0, 0.1) is 0 Å². The molecule has 29 heavy (non-hydrogen) atoms. The van der Waals surface area contributed by atoms with Crippen LogP contribution in [0.5, 0.6) is 0 Å². The number of nitrogens with zero attached hydrogens (tertiary/aromatic N) is 3. The van der Waals surface area contributed by atoms with E-state index in [0.29, 0.717) is 11.5 Å². The number of rotatable bonds is 5. The first-order valence-corrected chi connectivity index (χ1v) is 9.76. The zero-order valence-electron chi connectivity index (χ0n) is 15.5. The molecule has 0 radical (unpaired) electrons. The fourth-order valence-corrected chi connectivity index (χ4v) is 3.77. The lowest BCUT2D eigenvalue weighted by Gasteiger charge is -2.19. The van der Waals surface area contributed by atoms with Crippen molar-refractivity contribution in [1.29, 1.82) is 0 Å². The summed E-state index contributed by atoms with van der Waals surface area (Å²) in [5.74, 6) is 1.25. The normalized spacial score (nSPS) is 13.4. The molecule has 150 valence electrons. The molecule has 2 aromatic carbocycles. The minimum Gasteiger partial charge on any atom is -0.340 e. The molecule has 5 nitrogen and oxygen atoms in total. The van der Waals surface area contributed by atoms with E-state index in [1.165, 1.54) is 24.0 Å². The Bertz CT molecular complexity index is 1010. The van der Waals surface area contributed by atoms with Gasteiger partial charge in [0.05, 0.1) is 5.56 Å². The minimum atomic E-state index is -4.35. The van der Waals surface area contributed by atoms with Crippen molar-refractivity contribution in [2.24, 2.45) is 0 Å². The zero-order chi connectivity index (χ0) is 20.4. The Kier molecular flexibility index (Phi) is 5.33. The summed E-state index contributed by atoms with van der Waals surface area (Å²) in [7, 11) is 1.87. The lowest BCUT2D eigenvalue weighted by atomic mass is 10.2. The quantitative estimate of drug-likeness (QED) is 0.560. The summed E-state index contributed by atoms with van der Waals surface area (Å²) in [5, 5.41) is 3.04. The molecule has 0 saturated heterocycles. The number of fused-ring (bicyclic) bond motifs is 1. The lowest BCUT2D eigenvalue weighted by molar-refractivity contribution is -0.137. The molecule has 0 bridgehead atoms. The van der Waals surface area contributed by atoms with E-state index in [1.54, 1.807) is 18.0 Å². The molecule has 1 aliphatic heterocycles. The summed E-state index contributed by atoms with van der Waals surface area (Å²) < 4.78 is 41.2. The standard InChI is InChI=1S/C20H18F3N5S/c1-24-29-16-7-2-13-8-9-28(17(13)10-16)19-11-18(25-12-26-19)27-15-5-3-14(4-6-15)20(21,22)23/h2-7,10-12,24H,8-9H2,1H3,(H,25,26,27). The Labute approximate surface area is 170 Å². The van der Waals surface area contributed by atoms with Gasteiger partial charge in [0.15, 0.2) is 0 Å². The molecular weight excluding hydrogens is 399 g/mol. The maximum Gasteiger partial charge on any atom is 0.416 e. The predicted molar refractivity (Wildman–Crippen MR) is 109 cm³/mol. The van der Waals surface area contributed by atoms with Crippen molar-refractivity contribution in [1.82, 2.24) is 14.7 Å². The van der Waals surface area contributed by atoms with Crippen LogP contribution in [0.2, 0.25) is 0 Å². The second-order valence-electron chi connectivity index (χ2n) is 6.46. The van der Waals surface area contributed by atoms with Crippen LogP contribution in [0.25, 0.3) is 0 Å². The van der Waals surface area contributed by atoms with Gasteiger partial charge in [0.2, 0.25) is 0 Å². The molecule has 1 aromatic heterocycles. The summed E-state index contributed by atoms with van der Waals surface area (Å²) >= 11 is 1.54. The average Bonchev–Trinajstić information content (AvgIpc) is 3.11. The smallest absolute Gasteiger partial charge is 0.340 e. The summed E-state index contributed by atoms with van der Waals surface area (Å²) in [4.78, 5) is 11.8. The average molecular weight is 417 g/mol. The maximum atomic E-state index is 12.7. The molecule has 1 aliphatic rings. The third-order valence-electron chi connectivity index (χ3n) is 4.59. The first-order valence-electron chi connectivity index (χ1n) is 8.94. The van der Waals surface area contributed by atoms with Crippen LogP contribution in [0.4, 0.5) is 36.2 Å². The topological polar surface area (TPSA) is 53.1 Å². The molecule has 0 atom stereocenters. The first kappa shape index (κ1) is 19.5. The van der Waals surface area contributed by atoms with Crippen LogP contribution in [0.1, 0.15) is 11.1 Å². The molecule has 0 fully saturated rings. The van der Waals surface area contributed by atoms with Crippen LogP contribution in [-0.4, -0.2) is 23.6 Å². The van der Waals surface area contributed by atoms with E-state index in [4.69, 9.17) is 0 Å². The number of aromatic nitrogens is 2. The molecule has 0 unspecified atom stereocenters. The largest absolute Gasteiger partial charge is 0.416 e. The van der Waals surface area contributed by atoms with Crippen molar-refractivity contribution < 1.29 is 13.2 Å². The second-order valence-corrected chi connectivity index (χ2v) is 7.54. The van der Waals surface area contributed by atoms with Gasteiger partial charge >= 0.3 is 6.18 Å². The van der Waals surface area contributed by atoms with Crippen LogP contribution < -0.4 is 14.9 Å². The van der Waals surface area contributed by atoms with E-state index in [-0.39, 0.29) is 0 Å². The van der Waals surface area contributed by atoms with Crippen molar-refractivity contribution in [2.45, 2.75) is 17.5 Å². The third kappa shape index (κ3) is 4.30. The number of alkyl halides is 3. The van der Waals surface area contributed by atoms with E-state index in [2.05, 4.69) is 43.1 Å². The molecule has 0 amide bonds. The molecule has 2 N–H and O–H groups in total. The fraction of sp³-hybridized carbons (Fsp3) is 0.200. The monoisotopic (exact) mass is 417 g/mol. The van der Waals surface area contributed by atoms with Gasteiger partial charge in [-0.05, 0) is 67.4 Å². The molecule has 0 aliphatic carbocycles. The van der Waals surface area contributed by atoms with Crippen LogP contribution in [0.3, 0.4) is 0 Å². The molecule has 2 heterocycles. The zero-order valence-corrected chi connectivity index (χ0v) is 16.3. The van der Waals surface area contributed by atoms with Crippen LogP contribution in [0.15, 0.2) is 59.8 Å². The van der Waals surface area contributed by atoms with Crippen LogP contribution >= 0.6 is 11.9 Å². The van der Waals surface area contributed by atoms with Crippen LogP contribution in [-0.2, 0) is 12.6 Å². The summed E-state index contributed by atoms with van der Waals surface area (Å²) in [6, 6.07) is 13.0. The summed E-state index contributed by atoms with van der Waals surface area (Å²) in [6.45, 7) is 0.805. The molecule has 0 spiro atoms. The van der Waals surface area contributed by atoms with Gasteiger partial charge < -0.3 is 10.2 Å². The van der Waals surface area contributed by atoms with E-state index < -0.39 is 11.7 Å². The van der Waals surface area contributed by atoms with Gasteiger partial charge in [-0.15, -0.1) is 0 Å². The Morgan fingerprint density at radius 1 is 1.03 bits per heavy atom. The van der Waals surface area contributed by atoms with Gasteiger partial charge in [0, 0.05) is 28.9 Å². The Morgan fingerprint density at radius 3 is 2.55 bits per heavy atom. The first-order chi connectivity index (χ1) is 13.9. The number of halogens is 3. The van der Waals surface area contributed by atoms with E-state index in [0.717, 1.165) is 41.5 Å². The number of hydrogen-bond acceptors (Lipinski definition) is 6. The van der Waals surface area contributed by atoms with E-state index in [9.17, 15) is 13.2 Å². The van der Waals surface area contributed by atoms with Crippen molar-refractivity contribution in [3.8, 4) is 0 Å². The molecule has 9 heteroatoms. The highest BCUT2D eigenvalue weighted by Crippen LogP contribution is 2.36. The van der Waals surface area contributed by atoms with Crippen molar-refractivity contribution >= 4 is 35.0 Å². The molecular formula is C20H18F3N5S.